The van der Waals surface area contributed by atoms with Crippen LogP contribution in [0.2, 0.25) is 0 Å². The smallest absolute Gasteiger partial charge is 0.115 e. The van der Waals surface area contributed by atoms with Crippen LogP contribution in [-0.4, -0.2) is 10.2 Å². The van der Waals surface area contributed by atoms with Crippen molar-refractivity contribution in [2.24, 2.45) is 0 Å². The van der Waals surface area contributed by atoms with E-state index in [9.17, 15) is 10.2 Å². The van der Waals surface area contributed by atoms with Crippen LogP contribution in [0, 0.1) is 0 Å². The molecule has 0 fully saturated rings. The number of benzene rings is 4. The van der Waals surface area contributed by atoms with Crippen LogP contribution < -0.4 is 0 Å². The SMILES string of the molecule is C=CCc1ccc2c(c1CC=C)C(c1ccc(O)cc1)(c1ccc(O)cc1)c1ccccc1-2. The fourth-order valence-corrected chi connectivity index (χ4v) is 5.44. The van der Waals surface area contributed by atoms with Crippen molar-refractivity contribution in [3.63, 3.8) is 0 Å². The molecule has 0 saturated heterocycles. The van der Waals surface area contributed by atoms with Crippen molar-refractivity contribution in [1.29, 1.82) is 0 Å². The van der Waals surface area contributed by atoms with E-state index in [0.29, 0.717) is 0 Å². The molecular formula is C31H26O2. The maximum Gasteiger partial charge on any atom is 0.115 e. The number of rotatable bonds is 6. The van der Waals surface area contributed by atoms with Crippen LogP contribution in [0.4, 0.5) is 0 Å². The second-order valence-corrected chi connectivity index (χ2v) is 8.50. The Kier molecular flexibility index (Phi) is 5.14. The summed E-state index contributed by atoms with van der Waals surface area (Å²) in [5.41, 5.74) is 8.86. The number of allylic oxidation sites excluding steroid dienone is 2. The summed E-state index contributed by atoms with van der Waals surface area (Å²) >= 11 is 0. The Morgan fingerprint density at radius 3 is 1.79 bits per heavy atom. The van der Waals surface area contributed by atoms with Gasteiger partial charge in [-0.2, -0.15) is 0 Å². The molecule has 0 aliphatic heterocycles. The molecule has 0 aromatic heterocycles. The van der Waals surface area contributed by atoms with Gasteiger partial charge in [0.1, 0.15) is 11.5 Å². The van der Waals surface area contributed by atoms with Gasteiger partial charge in [0.2, 0.25) is 0 Å². The van der Waals surface area contributed by atoms with Crippen LogP contribution in [0.15, 0.2) is 110 Å². The molecule has 4 aromatic carbocycles. The van der Waals surface area contributed by atoms with E-state index in [1.165, 1.54) is 33.4 Å². The summed E-state index contributed by atoms with van der Waals surface area (Å²) < 4.78 is 0. The average Bonchev–Trinajstić information content (AvgIpc) is 3.13. The van der Waals surface area contributed by atoms with Gasteiger partial charge in [-0.15, -0.1) is 13.2 Å². The summed E-state index contributed by atoms with van der Waals surface area (Å²) in [5, 5.41) is 20.2. The first-order valence-corrected chi connectivity index (χ1v) is 11.2. The van der Waals surface area contributed by atoms with E-state index in [4.69, 9.17) is 0 Å². The second-order valence-electron chi connectivity index (χ2n) is 8.50. The fraction of sp³-hybridized carbons (Fsp3) is 0.0968. The van der Waals surface area contributed by atoms with E-state index in [1.54, 1.807) is 24.3 Å². The molecule has 1 aliphatic rings. The van der Waals surface area contributed by atoms with E-state index in [1.807, 2.05) is 36.4 Å². The lowest BCUT2D eigenvalue weighted by Gasteiger charge is -2.36. The molecule has 2 nitrogen and oxygen atoms in total. The Bertz CT molecular complexity index is 1300. The Morgan fingerprint density at radius 2 is 1.21 bits per heavy atom. The zero-order chi connectivity index (χ0) is 23.0. The molecule has 0 bridgehead atoms. The van der Waals surface area contributed by atoms with Gasteiger partial charge in [0, 0.05) is 0 Å². The molecular weight excluding hydrogens is 404 g/mol. The van der Waals surface area contributed by atoms with Crippen LogP contribution in [0.3, 0.4) is 0 Å². The molecule has 33 heavy (non-hydrogen) atoms. The molecule has 0 unspecified atom stereocenters. The van der Waals surface area contributed by atoms with Gasteiger partial charge < -0.3 is 10.2 Å². The third-order valence-corrected chi connectivity index (χ3v) is 6.72. The molecule has 0 heterocycles. The Labute approximate surface area is 194 Å². The van der Waals surface area contributed by atoms with Crippen molar-refractivity contribution in [3.05, 3.63) is 144 Å². The molecule has 0 spiro atoms. The lowest BCUT2D eigenvalue weighted by atomic mass is 9.66. The molecule has 5 rings (SSSR count). The van der Waals surface area contributed by atoms with Gasteiger partial charge in [-0.05, 0) is 81.6 Å². The Hall–Kier alpha value is -4.04. The summed E-state index contributed by atoms with van der Waals surface area (Å²) in [4.78, 5) is 0. The quantitative estimate of drug-likeness (QED) is 0.287. The summed E-state index contributed by atoms with van der Waals surface area (Å²) in [6.07, 6.45) is 5.41. The van der Waals surface area contributed by atoms with Crippen molar-refractivity contribution in [3.8, 4) is 22.6 Å². The van der Waals surface area contributed by atoms with Gasteiger partial charge in [-0.3, -0.25) is 0 Å². The lowest BCUT2D eigenvalue weighted by Crippen LogP contribution is -2.30. The molecule has 4 aromatic rings. The predicted molar refractivity (Wildman–Crippen MR) is 135 cm³/mol. The second kappa shape index (κ2) is 8.14. The third-order valence-electron chi connectivity index (χ3n) is 6.72. The molecule has 2 heteroatoms. The number of fused-ring (bicyclic) bond motifs is 3. The van der Waals surface area contributed by atoms with Crippen LogP contribution in [0.1, 0.15) is 33.4 Å². The van der Waals surface area contributed by atoms with Crippen molar-refractivity contribution in [1.82, 2.24) is 0 Å². The van der Waals surface area contributed by atoms with Gasteiger partial charge in [0.15, 0.2) is 0 Å². The van der Waals surface area contributed by atoms with Crippen LogP contribution in [0.25, 0.3) is 11.1 Å². The first-order valence-electron chi connectivity index (χ1n) is 11.2. The largest absolute Gasteiger partial charge is 0.508 e. The standard InChI is InChI=1S/C31H26O2/c1-3-7-21-11-20-28-27-9-5-6-10-29(27)31(30(28)26(21)8-4-2,22-12-16-24(32)17-13-22)23-14-18-25(33)19-15-23/h3-6,9-20,32-33H,1-2,7-8H2. The Balaban J connectivity index is 1.99. The maximum atomic E-state index is 10.1. The van der Waals surface area contributed by atoms with Crippen molar-refractivity contribution < 1.29 is 10.2 Å². The van der Waals surface area contributed by atoms with E-state index >= 15 is 0 Å². The zero-order valence-electron chi connectivity index (χ0n) is 18.5. The zero-order valence-corrected chi connectivity index (χ0v) is 18.5. The summed E-state index contributed by atoms with van der Waals surface area (Å²) in [6.45, 7) is 8.04. The molecule has 162 valence electrons. The molecule has 0 atom stereocenters. The number of phenols is 2. The van der Waals surface area contributed by atoms with Crippen LogP contribution in [-0.2, 0) is 18.3 Å². The minimum absolute atomic E-state index is 0.234. The summed E-state index contributed by atoms with van der Waals surface area (Å²) in [5.74, 6) is 0.468. The van der Waals surface area contributed by atoms with Gasteiger partial charge in [-0.25, -0.2) is 0 Å². The Morgan fingerprint density at radius 1 is 0.636 bits per heavy atom. The maximum absolute atomic E-state index is 10.1. The van der Waals surface area contributed by atoms with Gasteiger partial charge >= 0.3 is 0 Å². The molecule has 0 amide bonds. The van der Waals surface area contributed by atoms with Gasteiger partial charge in [0.25, 0.3) is 0 Å². The van der Waals surface area contributed by atoms with Crippen LogP contribution >= 0.6 is 0 Å². The highest BCUT2D eigenvalue weighted by molar-refractivity contribution is 5.88. The summed E-state index contributed by atoms with van der Waals surface area (Å²) in [7, 11) is 0. The number of aromatic hydroxyl groups is 2. The van der Waals surface area contributed by atoms with E-state index in [-0.39, 0.29) is 11.5 Å². The highest BCUT2D eigenvalue weighted by atomic mass is 16.3. The van der Waals surface area contributed by atoms with Crippen molar-refractivity contribution >= 4 is 0 Å². The monoisotopic (exact) mass is 430 g/mol. The molecule has 0 radical (unpaired) electrons. The number of phenolic OH excluding ortho intramolecular Hbond substituents is 2. The number of hydrogen-bond acceptors (Lipinski definition) is 2. The topological polar surface area (TPSA) is 40.5 Å². The van der Waals surface area contributed by atoms with E-state index in [2.05, 4.69) is 49.6 Å². The highest BCUT2D eigenvalue weighted by Gasteiger charge is 2.47. The average molecular weight is 431 g/mol. The first-order chi connectivity index (χ1) is 16.1. The normalized spacial score (nSPS) is 13.2. The van der Waals surface area contributed by atoms with Crippen molar-refractivity contribution in [2.75, 3.05) is 0 Å². The lowest BCUT2D eigenvalue weighted by molar-refractivity contribution is 0.474. The summed E-state index contributed by atoms with van der Waals surface area (Å²) in [6, 6.07) is 28.0. The molecule has 2 N–H and O–H groups in total. The minimum Gasteiger partial charge on any atom is -0.508 e. The number of hydrogen-bond donors (Lipinski definition) is 2. The third kappa shape index (κ3) is 3.10. The first kappa shape index (κ1) is 20.8. The van der Waals surface area contributed by atoms with Crippen LogP contribution in [0.5, 0.6) is 11.5 Å². The van der Waals surface area contributed by atoms with E-state index in [0.717, 1.165) is 24.0 Å². The van der Waals surface area contributed by atoms with Crippen molar-refractivity contribution in [2.45, 2.75) is 18.3 Å². The van der Waals surface area contributed by atoms with Gasteiger partial charge in [-0.1, -0.05) is 72.8 Å². The van der Waals surface area contributed by atoms with Gasteiger partial charge in [0.05, 0.1) is 5.41 Å². The van der Waals surface area contributed by atoms with E-state index < -0.39 is 5.41 Å². The fourth-order valence-electron chi connectivity index (χ4n) is 5.44. The minimum atomic E-state index is -0.594. The highest BCUT2D eigenvalue weighted by Crippen LogP contribution is 2.57. The predicted octanol–water partition coefficient (Wildman–Crippen LogP) is 6.92. The molecule has 1 aliphatic carbocycles. The molecule has 0 saturated carbocycles.